The summed E-state index contributed by atoms with van der Waals surface area (Å²) in [5.41, 5.74) is 1.28. The molecular formula is C17H30N4O. The number of nitrogens with one attached hydrogen (secondary N) is 2. The molecule has 0 aliphatic rings. The molecule has 0 aliphatic carbocycles. The van der Waals surface area contributed by atoms with Gasteiger partial charge in [-0.25, -0.2) is 0 Å². The van der Waals surface area contributed by atoms with E-state index in [1.165, 1.54) is 5.56 Å². The molecule has 0 unspecified atom stereocenters. The van der Waals surface area contributed by atoms with Crippen LogP contribution in [0.3, 0.4) is 0 Å². The van der Waals surface area contributed by atoms with Crippen molar-refractivity contribution < 1.29 is 4.74 Å². The second-order valence-electron chi connectivity index (χ2n) is 5.60. The topological polar surface area (TPSA) is 48.9 Å². The molecule has 124 valence electrons. The van der Waals surface area contributed by atoms with E-state index in [9.17, 15) is 0 Å². The molecule has 1 rings (SSSR count). The number of benzene rings is 1. The van der Waals surface area contributed by atoms with Gasteiger partial charge in [0.15, 0.2) is 5.96 Å². The summed E-state index contributed by atoms with van der Waals surface area (Å²) in [5.74, 6) is 1.74. The van der Waals surface area contributed by atoms with Crippen molar-refractivity contribution in [1.29, 1.82) is 0 Å². The Labute approximate surface area is 134 Å². The molecule has 0 saturated carbocycles. The molecule has 0 bridgehead atoms. The monoisotopic (exact) mass is 306 g/mol. The van der Waals surface area contributed by atoms with Crippen LogP contribution in [0.1, 0.15) is 19.4 Å². The van der Waals surface area contributed by atoms with Crippen molar-refractivity contribution in [1.82, 2.24) is 15.5 Å². The fourth-order valence-corrected chi connectivity index (χ4v) is 1.95. The maximum Gasteiger partial charge on any atom is 0.191 e. The van der Waals surface area contributed by atoms with E-state index in [2.05, 4.69) is 53.6 Å². The van der Waals surface area contributed by atoms with E-state index in [1.807, 2.05) is 12.1 Å². The average molecular weight is 306 g/mol. The standard InChI is InChI=1S/C17H30N4O/c1-14(2)21(4)13-12-20-17(18-3)19-11-10-15-6-8-16(22-5)9-7-15/h6-9,14H,10-13H2,1-5H3,(H2,18,19,20). The molecule has 0 saturated heterocycles. The Bertz CT molecular complexity index is 442. The lowest BCUT2D eigenvalue weighted by atomic mass is 10.1. The SMILES string of the molecule is CN=C(NCCc1ccc(OC)cc1)NCCN(C)C(C)C. The summed E-state index contributed by atoms with van der Waals surface area (Å²) >= 11 is 0. The Morgan fingerprint density at radius 1 is 1.18 bits per heavy atom. The fourth-order valence-electron chi connectivity index (χ4n) is 1.95. The minimum atomic E-state index is 0.562. The van der Waals surface area contributed by atoms with Crippen LogP contribution >= 0.6 is 0 Å². The van der Waals surface area contributed by atoms with Crippen LogP contribution in [0.2, 0.25) is 0 Å². The molecule has 0 spiro atoms. The van der Waals surface area contributed by atoms with Crippen molar-refractivity contribution >= 4 is 5.96 Å². The third-order valence-electron chi connectivity index (χ3n) is 3.73. The van der Waals surface area contributed by atoms with E-state index in [0.717, 1.165) is 37.8 Å². The highest BCUT2D eigenvalue weighted by atomic mass is 16.5. The molecule has 2 N–H and O–H groups in total. The number of likely N-dealkylation sites (N-methyl/N-ethyl adjacent to an activating group) is 1. The van der Waals surface area contributed by atoms with Crippen molar-refractivity contribution in [2.24, 2.45) is 4.99 Å². The van der Waals surface area contributed by atoms with Crippen LogP contribution in [-0.2, 0) is 6.42 Å². The number of nitrogens with zero attached hydrogens (tertiary/aromatic N) is 2. The van der Waals surface area contributed by atoms with Gasteiger partial charge in [0.2, 0.25) is 0 Å². The van der Waals surface area contributed by atoms with E-state index >= 15 is 0 Å². The smallest absolute Gasteiger partial charge is 0.191 e. The molecule has 1 aromatic rings. The van der Waals surface area contributed by atoms with Crippen LogP contribution < -0.4 is 15.4 Å². The Morgan fingerprint density at radius 2 is 1.82 bits per heavy atom. The van der Waals surface area contributed by atoms with E-state index in [0.29, 0.717) is 6.04 Å². The number of guanidine groups is 1. The second-order valence-corrected chi connectivity index (χ2v) is 5.60. The normalized spacial score (nSPS) is 11.9. The molecule has 0 radical (unpaired) electrons. The van der Waals surface area contributed by atoms with Crippen LogP contribution in [0, 0.1) is 0 Å². The minimum Gasteiger partial charge on any atom is -0.497 e. The first-order chi connectivity index (χ1) is 10.6. The summed E-state index contributed by atoms with van der Waals surface area (Å²) in [6.45, 7) is 7.13. The number of rotatable bonds is 8. The van der Waals surface area contributed by atoms with Crippen molar-refractivity contribution in [3.63, 3.8) is 0 Å². The van der Waals surface area contributed by atoms with Gasteiger partial charge in [-0.2, -0.15) is 0 Å². The van der Waals surface area contributed by atoms with Gasteiger partial charge >= 0.3 is 0 Å². The van der Waals surface area contributed by atoms with Gasteiger partial charge < -0.3 is 20.3 Å². The fraction of sp³-hybridized carbons (Fsp3) is 0.588. The van der Waals surface area contributed by atoms with Gasteiger partial charge in [-0.3, -0.25) is 4.99 Å². The van der Waals surface area contributed by atoms with E-state index in [4.69, 9.17) is 4.74 Å². The molecule has 0 aliphatic heterocycles. The second kappa shape index (κ2) is 10.1. The van der Waals surface area contributed by atoms with E-state index in [1.54, 1.807) is 14.2 Å². The summed E-state index contributed by atoms with van der Waals surface area (Å²) in [5, 5.41) is 6.68. The van der Waals surface area contributed by atoms with Gasteiger partial charge in [0.05, 0.1) is 7.11 Å². The largest absolute Gasteiger partial charge is 0.497 e. The Balaban J connectivity index is 2.26. The Hall–Kier alpha value is -1.75. The summed E-state index contributed by atoms with van der Waals surface area (Å²) in [7, 11) is 5.62. The van der Waals surface area contributed by atoms with E-state index < -0.39 is 0 Å². The van der Waals surface area contributed by atoms with Gasteiger partial charge in [-0.15, -0.1) is 0 Å². The summed E-state index contributed by atoms with van der Waals surface area (Å²) in [6, 6.07) is 8.73. The third kappa shape index (κ3) is 6.80. The first-order valence-electron chi connectivity index (χ1n) is 7.84. The van der Waals surface area contributed by atoms with Crippen LogP contribution in [0.25, 0.3) is 0 Å². The number of ether oxygens (including phenoxy) is 1. The number of hydrogen-bond acceptors (Lipinski definition) is 3. The first-order valence-corrected chi connectivity index (χ1v) is 7.84. The molecule has 1 aromatic carbocycles. The maximum atomic E-state index is 5.16. The molecule has 22 heavy (non-hydrogen) atoms. The highest BCUT2D eigenvalue weighted by molar-refractivity contribution is 5.79. The first kappa shape index (κ1) is 18.3. The molecule has 0 aromatic heterocycles. The number of methoxy groups -OCH3 is 1. The summed E-state index contributed by atoms with van der Waals surface area (Å²) < 4.78 is 5.16. The molecular weight excluding hydrogens is 276 g/mol. The van der Waals surface area contributed by atoms with Crippen LogP contribution in [0.5, 0.6) is 5.75 Å². The van der Waals surface area contributed by atoms with E-state index in [-0.39, 0.29) is 0 Å². The predicted molar refractivity (Wildman–Crippen MR) is 93.8 cm³/mol. The Kier molecular flexibility index (Phi) is 8.36. The molecule has 0 amide bonds. The third-order valence-corrected chi connectivity index (χ3v) is 3.73. The molecule has 0 atom stereocenters. The lowest BCUT2D eigenvalue weighted by molar-refractivity contribution is 0.278. The maximum absolute atomic E-state index is 5.16. The summed E-state index contributed by atoms with van der Waals surface area (Å²) in [4.78, 5) is 6.55. The molecule has 0 fully saturated rings. The molecule has 5 nitrogen and oxygen atoms in total. The molecule has 5 heteroatoms. The average Bonchev–Trinajstić information content (AvgIpc) is 2.53. The number of aliphatic imine (C=N–C) groups is 1. The highest BCUT2D eigenvalue weighted by Crippen LogP contribution is 2.11. The van der Waals surface area contributed by atoms with Crippen LogP contribution in [0.4, 0.5) is 0 Å². The Morgan fingerprint density at radius 3 is 2.36 bits per heavy atom. The number of hydrogen-bond donors (Lipinski definition) is 2. The summed E-state index contributed by atoms with van der Waals surface area (Å²) in [6.07, 6.45) is 0.955. The van der Waals surface area contributed by atoms with Gasteiger partial charge in [-0.05, 0) is 45.0 Å². The predicted octanol–water partition coefficient (Wildman–Crippen LogP) is 1.74. The van der Waals surface area contributed by atoms with Crippen molar-refractivity contribution in [3.8, 4) is 5.75 Å². The zero-order valence-electron chi connectivity index (χ0n) is 14.5. The quantitative estimate of drug-likeness (QED) is 0.567. The highest BCUT2D eigenvalue weighted by Gasteiger charge is 2.03. The van der Waals surface area contributed by atoms with Crippen molar-refractivity contribution in [3.05, 3.63) is 29.8 Å². The van der Waals surface area contributed by atoms with Gasteiger partial charge in [0.1, 0.15) is 5.75 Å². The zero-order chi connectivity index (χ0) is 16.4. The van der Waals surface area contributed by atoms with Gasteiger partial charge in [0.25, 0.3) is 0 Å². The zero-order valence-corrected chi connectivity index (χ0v) is 14.5. The van der Waals surface area contributed by atoms with Crippen LogP contribution in [-0.4, -0.2) is 57.7 Å². The van der Waals surface area contributed by atoms with Gasteiger partial charge in [-0.1, -0.05) is 12.1 Å². The lowest BCUT2D eigenvalue weighted by Gasteiger charge is -2.21. The molecule has 0 heterocycles. The van der Waals surface area contributed by atoms with Crippen molar-refractivity contribution in [2.75, 3.05) is 40.8 Å². The van der Waals surface area contributed by atoms with Crippen LogP contribution in [0.15, 0.2) is 29.3 Å². The minimum absolute atomic E-state index is 0.562. The lowest BCUT2D eigenvalue weighted by Crippen LogP contribution is -2.42. The van der Waals surface area contributed by atoms with Gasteiger partial charge in [0, 0.05) is 32.7 Å². The van der Waals surface area contributed by atoms with Crippen molar-refractivity contribution in [2.45, 2.75) is 26.3 Å².